The van der Waals surface area contributed by atoms with E-state index in [0.29, 0.717) is 30.2 Å². The lowest BCUT2D eigenvalue weighted by atomic mass is 10.1. The van der Waals surface area contributed by atoms with Crippen LogP contribution < -0.4 is 5.32 Å². The van der Waals surface area contributed by atoms with E-state index in [1.807, 2.05) is 4.90 Å². The molecule has 1 heterocycles. The largest absolute Gasteiger partial charge is 0.396 e. The average Bonchev–Trinajstić information content (AvgIpc) is 2.85. The van der Waals surface area contributed by atoms with E-state index in [-0.39, 0.29) is 36.9 Å². The third-order valence-corrected chi connectivity index (χ3v) is 4.01. The van der Waals surface area contributed by atoms with E-state index in [0.717, 1.165) is 0 Å². The van der Waals surface area contributed by atoms with E-state index in [1.54, 1.807) is 6.07 Å². The van der Waals surface area contributed by atoms with Gasteiger partial charge in [-0.3, -0.25) is 9.69 Å². The van der Waals surface area contributed by atoms with Crippen LogP contribution in [0.1, 0.15) is 5.56 Å². The lowest BCUT2D eigenvalue weighted by molar-refractivity contribution is -0.125. The van der Waals surface area contributed by atoms with E-state index in [1.165, 1.54) is 19.2 Å². The molecule has 0 aromatic heterocycles. The molecular formula is C15H20ClFN2O3. The van der Waals surface area contributed by atoms with Crippen LogP contribution in [0.25, 0.3) is 0 Å². The first-order valence-corrected chi connectivity index (χ1v) is 7.46. The van der Waals surface area contributed by atoms with Gasteiger partial charge < -0.3 is 15.2 Å². The molecule has 0 bridgehead atoms. The third kappa shape index (κ3) is 4.39. The number of ether oxygens (including phenoxy) is 1. The van der Waals surface area contributed by atoms with Gasteiger partial charge >= 0.3 is 0 Å². The van der Waals surface area contributed by atoms with Gasteiger partial charge in [-0.25, -0.2) is 4.39 Å². The van der Waals surface area contributed by atoms with Crippen molar-refractivity contribution in [3.63, 3.8) is 0 Å². The lowest BCUT2D eigenvalue weighted by Crippen LogP contribution is -2.43. The molecule has 2 N–H and O–H groups in total. The molecule has 1 aliphatic rings. The predicted molar refractivity (Wildman–Crippen MR) is 81.1 cm³/mol. The molecule has 7 heteroatoms. The molecule has 0 unspecified atom stereocenters. The fourth-order valence-corrected chi connectivity index (χ4v) is 2.92. The Kier molecular flexibility index (Phi) is 6.14. The Morgan fingerprint density at radius 3 is 3.00 bits per heavy atom. The Morgan fingerprint density at radius 1 is 1.55 bits per heavy atom. The Bertz CT molecular complexity index is 530. The molecule has 1 aromatic carbocycles. The highest BCUT2D eigenvalue weighted by Gasteiger charge is 2.33. The smallest absolute Gasteiger partial charge is 0.246 e. The van der Waals surface area contributed by atoms with Crippen molar-refractivity contribution >= 4 is 17.5 Å². The van der Waals surface area contributed by atoms with Gasteiger partial charge in [-0.05, 0) is 18.2 Å². The molecule has 1 saturated heterocycles. The summed E-state index contributed by atoms with van der Waals surface area (Å²) < 4.78 is 18.6. The number of hydrogen-bond donors (Lipinski definition) is 2. The zero-order valence-electron chi connectivity index (χ0n) is 12.4. The quantitative estimate of drug-likeness (QED) is 0.818. The maximum atomic E-state index is 13.8. The molecular weight excluding hydrogens is 311 g/mol. The molecule has 122 valence electrons. The normalized spacial score (nSPS) is 22.0. The highest BCUT2D eigenvalue weighted by Crippen LogP contribution is 2.22. The Balaban J connectivity index is 1.99. The van der Waals surface area contributed by atoms with Gasteiger partial charge in [0.15, 0.2) is 0 Å². The maximum Gasteiger partial charge on any atom is 0.246 e. The summed E-state index contributed by atoms with van der Waals surface area (Å²) in [5.74, 6) is -0.610. The van der Waals surface area contributed by atoms with Gasteiger partial charge in [-0.1, -0.05) is 11.6 Å². The zero-order chi connectivity index (χ0) is 16.1. The molecule has 1 aliphatic heterocycles. The van der Waals surface area contributed by atoms with Crippen molar-refractivity contribution in [2.24, 2.45) is 5.92 Å². The van der Waals surface area contributed by atoms with Crippen molar-refractivity contribution in [2.75, 3.05) is 33.4 Å². The summed E-state index contributed by atoms with van der Waals surface area (Å²) >= 11 is 5.89. The summed E-state index contributed by atoms with van der Waals surface area (Å²) in [5, 5.41) is 12.8. The van der Waals surface area contributed by atoms with Gasteiger partial charge in [0.05, 0.1) is 0 Å². The molecule has 2 rings (SSSR count). The number of likely N-dealkylation sites (tertiary alicyclic amines) is 1. The van der Waals surface area contributed by atoms with Crippen LogP contribution in [-0.4, -0.2) is 55.4 Å². The van der Waals surface area contributed by atoms with Crippen LogP contribution in [-0.2, 0) is 16.1 Å². The number of amides is 1. The highest BCUT2D eigenvalue weighted by atomic mass is 35.5. The van der Waals surface area contributed by atoms with E-state index >= 15 is 0 Å². The highest BCUT2D eigenvalue weighted by molar-refractivity contribution is 6.30. The van der Waals surface area contributed by atoms with E-state index in [4.69, 9.17) is 16.3 Å². The van der Waals surface area contributed by atoms with Crippen molar-refractivity contribution in [3.05, 3.63) is 34.6 Å². The summed E-state index contributed by atoms with van der Waals surface area (Å²) in [6.07, 6.45) is 0. The molecule has 1 fully saturated rings. The van der Waals surface area contributed by atoms with E-state index in [2.05, 4.69) is 5.32 Å². The van der Waals surface area contributed by atoms with Gasteiger partial charge in [-0.2, -0.15) is 0 Å². The topological polar surface area (TPSA) is 61.8 Å². The van der Waals surface area contributed by atoms with E-state index in [9.17, 15) is 14.3 Å². The standard InChI is InChI=1S/C15H20ClFN2O3/c1-22-9-15(21)18-14-7-19(6-11(14)8-20)5-10-4-12(16)2-3-13(10)17/h2-4,11,14,20H,5-9H2,1H3,(H,18,21)/t11-,14+/m0/s1. The SMILES string of the molecule is COCC(=O)N[C@@H]1CN(Cc2cc(Cl)ccc2F)C[C@H]1CO. The number of methoxy groups -OCH3 is 1. The Hall–Kier alpha value is -1.21. The third-order valence-electron chi connectivity index (χ3n) is 3.77. The van der Waals surface area contributed by atoms with Crippen molar-refractivity contribution in [1.29, 1.82) is 0 Å². The lowest BCUT2D eigenvalue weighted by Gasteiger charge is -2.18. The number of aliphatic hydroxyl groups excluding tert-OH is 1. The second-order valence-corrected chi connectivity index (χ2v) is 5.92. The van der Waals surface area contributed by atoms with Crippen molar-refractivity contribution in [3.8, 4) is 0 Å². The Morgan fingerprint density at radius 2 is 2.32 bits per heavy atom. The van der Waals surface area contributed by atoms with Gasteiger partial charge in [0.25, 0.3) is 0 Å². The maximum absolute atomic E-state index is 13.8. The number of rotatable bonds is 6. The molecule has 0 saturated carbocycles. The van der Waals surface area contributed by atoms with Crippen LogP contribution in [0.4, 0.5) is 4.39 Å². The first-order chi connectivity index (χ1) is 10.5. The number of carbonyl (C=O) groups excluding carboxylic acids is 1. The minimum Gasteiger partial charge on any atom is -0.396 e. The number of nitrogens with one attached hydrogen (secondary N) is 1. The first kappa shape index (κ1) is 17.1. The molecule has 1 amide bonds. The van der Waals surface area contributed by atoms with Gasteiger partial charge in [0.1, 0.15) is 12.4 Å². The molecule has 5 nitrogen and oxygen atoms in total. The molecule has 0 spiro atoms. The number of halogens is 2. The van der Waals surface area contributed by atoms with Crippen molar-refractivity contribution in [1.82, 2.24) is 10.2 Å². The van der Waals surface area contributed by atoms with E-state index < -0.39 is 0 Å². The van der Waals surface area contributed by atoms with Crippen LogP contribution in [0.5, 0.6) is 0 Å². The summed E-state index contributed by atoms with van der Waals surface area (Å²) in [6.45, 7) is 1.47. The summed E-state index contributed by atoms with van der Waals surface area (Å²) in [7, 11) is 1.45. The van der Waals surface area contributed by atoms with Crippen LogP contribution in [0, 0.1) is 11.7 Å². The number of nitrogens with zero attached hydrogens (tertiary/aromatic N) is 1. The molecule has 2 atom stereocenters. The number of carbonyl (C=O) groups is 1. The fraction of sp³-hybridized carbons (Fsp3) is 0.533. The molecule has 22 heavy (non-hydrogen) atoms. The first-order valence-electron chi connectivity index (χ1n) is 7.09. The van der Waals surface area contributed by atoms with Gasteiger partial charge in [0.2, 0.25) is 5.91 Å². The summed E-state index contributed by atoms with van der Waals surface area (Å²) in [6, 6.07) is 4.28. The van der Waals surface area contributed by atoms with Crippen molar-refractivity contribution < 1.29 is 19.0 Å². The van der Waals surface area contributed by atoms with Crippen molar-refractivity contribution in [2.45, 2.75) is 12.6 Å². The number of aliphatic hydroxyl groups is 1. The molecule has 1 aromatic rings. The zero-order valence-corrected chi connectivity index (χ0v) is 13.1. The van der Waals surface area contributed by atoms with Gasteiger partial charge in [0, 0.05) is 55.9 Å². The van der Waals surface area contributed by atoms with Crippen LogP contribution >= 0.6 is 11.6 Å². The summed E-state index contributed by atoms with van der Waals surface area (Å²) in [5.41, 5.74) is 0.507. The Labute approximate surface area is 134 Å². The second kappa shape index (κ2) is 7.87. The second-order valence-electron chi connectivity index (χ2n) is 5.48. The van der Waals surface area contributed by atoms with Crippen LogP contribution in [0.15, 0.2) is 18.2 Å². The minimum absolute atomic E-state index is 0.0163. The number of hydrogen-bond acceptors (Lipinski definition) is 4. The molecule has 0 radical (unpaired) electrons. The monoisotopic (exact) mass is 330 g/mol. The predicted octanol–water partition coefficient (Wildman–Crippen LogP) is 1.03. The van der Waals surface area contributed by atoms with Gasteiger partial charge in [-0.15, -0.1) is 0 Å². The van der Waals surface area contributed by atoms with Crippen LogP contribution in [0.2, 0.25) is 5.02 Å². The minimum atomic E-state index is -0.309. The van der Waals surface area contributed by atoms with Crippen LogP contribution in [0.3, 0.4) is 0 Å². The summed E-state index contributed by atoms with van der Waals surface area (Å²) in [4.78, 5) is 13.6. The molecule has 0 aliphatic carbocycles. The number of benzene rings is 1. The average molecular weight is 331 g/mol. The fourth-order valence-electron chi connectivity index (χ4n) is 2.72.